The van der Waals surface area contributed by atoms with Gasteiger partial charge in [0.2, 0.25) is 0 Å². The molecule has 0 atom stereocenters. The number of carbonyl (C=O) groups excluding carboxylic acids is 1. The van der Waals surface area contributed by atoms with Gasteiger partial charge in [0.1, 0.15) is 5.75 Å². The maximum atomic E-state index is 12.0. The predicted octanol–water partition coefficient (Wildman–Crippen LogP) is 2.20. The van der Waals surface area contributed by atoms with Crippen LogP contribution in [0.3, 0.4) is 0 Å². The molecule has 110 valence electrons. The molecule has 4 heteroatoms. The molecule has 1 rings (SSSR count). The van der Waals surface area contributed by atoms with Crippen molar-refractivity contribution < 1.29 is 14.6 Å². The number of hydrogen-bond acceptors (Lipinski definition) is 3. The molecule has 0 saturated carbocycles. The summed E-state index contributed by atoms with van der Waals surface area (Å²) >= 11 is 0. The van der Waals surface area contributed by atoms with Crippen LogP contribution in [0, 0.1) is 0 Å². The number of carbonyl (C=O) groups is 1. The van der Waals surface area contributed by atoms with Crippen LogP contribution >= 0.6 is 0 Å². The van der Waals surface area contributed by atoms with Crippen LogP contribution in [-0.2, 0) is 4.79 Å². The van der Waals surface area contributed by atoms with E-state index < -0.39 is 0 Å². The highest BCUT2D eigenvalue weighted by molar-refractivity contribution is 5.78. The van der Waals surface area contributed by atoms with Gasteiger partial charge in [0.25, 0.3) is 5.91 Å². The number of para-hydroxylation sites is 1. The first-order chi connectivity index (χ1) is 9.60. The van der Waals surface area contributed by atoms with Gasteiger partial charge in [0.05, 0.1) is 6.61 Å². The van der Waals surface area contributed by atoms with Crippen LogP contribution < -0.4 is 4.74 Å². The second-order valence-corrected chi connectivity index (χ2v) is 4.83. The summed E-state index contributed by atoms with van der Waals surface area (Å²) < 4.78 is 5.63. The third kappa shape index (κ3) is 4.70. The smallest absolute Gasteiger partial charge is 0.260 e. The molecule has 4 nitrogen and oxygen atoms in total. The van der Waals surface area contributed by atoms with Crippen molar-refractivity contribution in [3.63, 3.8) is 0 Å². The highest BCUT2D eigenvalue weighted by atomic mass is 16.5. The van der Waals surface area contributed by atoms with Crippen molar-refractivity contribution in [2.45, 2.75) is 19.8 Å². The Hall–Kier alpha value is -1.81. The Morgan fingerprint density at radius 1 is 1.45 bits per heavy atom. The quantitative estimate of drug-likeness (QED) is 0.741. The van der Waals surface area contributed by atoms with Crippen molar-refractivity contribution in [1.82, 2.24) is 4.90 Å². The Kier molecular flexibility index (Phi) is 6.81. The Balaban J connectivity index is 2.66. The molecule has 0 heterocycles. The number of aliphatic hydroxyl groups excluding tert-OH is 1. The second-order valence-electron chi connectivity index (χ2n) is 4.83. The van der Waals surface area contributed by atoms with Crippen LogP contribution in [0.1, 0.15) is 25.3 Å². The molecule has 0 aliphatic heterocycles. The lowest BCUT2D eigenvalue weighted by molar-refractivity contribution is -0.133. The summed E-state index contributed by atoms with van der Waals surface area (Å²) in [5.74, 6) is 0.916. The van der Waals surface area contributed by atoms with E-state index in [0.29, 0.717) is 19.0 Å². The lowest BCUT2D eigenvalue weighted by Crippen LogP contribution is -2.37. The van der Waals surface area contributed by atoms with Crippen LogP contribution in [0.15, 0.2) is 36.9 Å². The second kappa shape index (κ2) is 8.38. The van der Waals surface area contributed by atoms with Gasteiger partial charge in [-0.3, -0.25) is 4.79 Å². The molecule has 0 unspecified atom stereocenters. The van der Waals surface area contributed by atoms with E-state index in [0.717, 1.165) is 11.3 Å². The number of rotatable bonds is 8. The van der Waals surface area contributed by atoms with Crippen LogP contribution in [0.4, 0.5) is 0 Å². The van der Waals surface area contributed by atoms with E-state index in [1.165, 1.54) is 4.90 Å². The lowest BCUT2D eigenvalue weighted by atomic mass is 10.0. The van der Waals surface area contributed by atoms with Gasteiger partial charge in [0, 0.05) is 13.1 Å². The Morgan fingerprint density at radius 3 is 2.75 bits per heavy atom. The average molecular weight is 277 g/mol. The first-order valence-corrected chi connectivity index (χ1v) is 6.81. The number of ether oxygens (including phenoxy) is 1. The zero-order chi connectivity index (χ0) is 15.0. The zero-order valence-corrected chi connectivity index (χ0v) is 12.2. The van der Waals surface area contributed by atoms with Crippen molar-refractivity contribution >= 4 is 5.91 Å². The fraction of sp³-hybridized carbons (Fsp3) is 0.438. The van der Waals surface area contributed by atoms with Crippen molar-refractivity contribution in [1.29, 1.82) is 0 Å². The van der Waals surface area contributed by atoms with E-state index in [1.54, 1.807) is 6.08 Å². The molecule has 0 spiro atoms. The van der Waals surface area contributed by atoms with Gasteiger partial charge in [-0.1, -0.05) is 38.1 Å². The maximum absolute atomic E-state index is 12.0. The minimum Gasteiger partial charge on any atom is -0.483 e. The van der Waals surface area contributed by atoms with E-state index >= 15 is 0 Å². The van der Waals surface area contributed by atoms with Crippen LogP contribution in [0.25, 0.3) is 0 Å². The van der Waals surface area contributed by atoms with Crippen molar-refractivity contribution in [2.24, 2.45) is 0 Å². The summed E-state index contributed by atoms with van der Waals surface area (Å²) in [5, 5.41) is 8.95. The molecule has 0 bridgehead atoms. The minimum absolute atomic E-state index is 0.0302. The highest BCUT2D eigenvalue weighted by Gasteiger charge is 2.14. The fourth-order valence-electron chi connectivity index (χ4n) is 1.91. The number of amides is 1. The third-order valence-corrected chi connectivity index (χ3v) is 2.96. The SMILES string of the molecule is C=CCN(CCO)C(=O)COc1ccccc1C(C)C. The summed E-state index contributed by atoms with van der Waals surface area (Å²) in [6.45, 7) is 8.38. The molecule has 1 amide bonds. The highest BCUT2D eigenvalue weighted by Crippen LogP contribution is 2.25. The number of nitrogens with zero attached hydrogens (tertiary/aromatic N) is 1. The van der Waals surface area contributed by atoms with Gasteiger partial charge in [-0.15, -0.1) is 6.58 Å². The summed E-state index contributed by atoms with van der Waals surface area (Å²) in [7, 11) is 0. The molecular weight excluding hydrogens is 254 g/mol. The molecule has 0 aromatic heterocycles. The van der Waals surface area contributed by atoms with Gasteiger partial charge in [0.15, 0.2) is 6.61 Å². The standard InChI is InChI=1S/C16H23NO3/c1-4-9-17(10-11-18)16(19)12-20-15-8-6-5-7-14(15)13(2)3/h4-8,13,18H,1,9-12H2,2-3H3. The Labute approximate surface area is 120 Å². The predicted molar refractivity (Wildman–Crippen MR) is 79.9 cm³/mol. The molecule has 1 N–H and O–H groups in total. The molecule has 0 aliphatic carbocycles. The van der Waals surface area contributed by atoms with Gasteiger partial charge in [-0.05, 0) is 17.5 Å². The fourth-order valence-corrected chi connectivity index (χ4v) is 1.91. The first kappa shape index (κ1) is 16.2. The van der Waals surface area contributed by atoms with Crippen LogP contribution in [0.5, 0.6) is 5.75 Å². The van der Waals surface area contributed by atoms with Crippen LogP contribution in [-0.4, -0.2) is 42.2 Å². The summed E-state index contributed by atoms with van der Waals surface area (Å²) in [5.41, 5.74) is 1.08. The molecular formula is C16H23NO3. The van der Waals surface area contributed by atoms with Crippen LogP contribution in [0.2, 0.25) is 0 Å². The van der Waals surface area contributed by atoms with Gasteiger partial charge in [-0.25, -0.2) is 0 Å². The van der Waals surface area contributed by atoms with E-state index in [4.69, 9.17) is 9.84 Å². The van der Waals surface area contributed by atoms with Crippen molar-refractivity contribution in [2.75, 3.05) is 26.3 Å². The zero-order valence-electron chi connectivity index (χ0n) is 12.2. The average Bonchev–Trinajstić information content (AvgIpc) is 2.44. The van der Waals surface area contributed by atoms with E-state index in [1.807, 2.05) is 24.3 Å². The van der Waals surface area contributed by atoms with Gasteiger partial charge in [-0.2, -0.15) is 0 Å². The summed E-state index contributed by atoms with van der Waals surface area (Å²) in [6.07, 6.45) is 1.63. The van der Waals surface area contributed by atoms with Crippen molar-refractivity contribution in [3.05, 3.63) is 42.5 Å². The number of benzene rings is 1. The minimum atomic E-state index is -0.155. The normalized spacial score (nSPS) is 10.4. The Morgan fingerprint density at radius 2 is 2.15 bits per heavy atom. The topological polar surface area (TPSA) is 49.8 Å². The molecule has 0 radical (unpaired) electrons. The molecule has 1 aromatic rings. The first-order valence-electron chi connectivity index (χ1n) is 6.81. The molecule has 0 fully saturated rings. The molecule has 0 saturated heterocycles. The number of hydrogen-bond donors (Lipinski definition) is 1. The molecule has 0 aliphatic rings. The number of aliphatic hydroxyl groups is 1. The monoisotopic (exact) mass is 277 g/mol. The van der Waals surface area contributed by atoms with Gasteiger partial charge < -0.3 is 14.7 Å². The summed E-state index contributed by atoms with van der Waals surface area (Å²) in [4.78, 5) is 13.5. The third-order valence-electron chi connectivity index (χ3n) is 2.96. The maximum Gasteiger partial charge on any atom is 0.260 e. The van der Waals surface area contributed by atoms with E-state index in [2.05, 4.69) is 20.4 Å². The Bertz CT molecular complexity index is 443. The van der Waals surface area contributed by atoms with Gasteiger partial charge >= 0.3 is 0 Å². The molecule has 1 aromatic carbocycles. The lowest BCUT2D eigenvalue weighted by Gasteiger charge is -2.21. The van der Waals surface area contributed by atoms with Crippen molar-refractivity contribution in [3.8, 4) is 5.75 Å². The summed E-state index contributed by atoms with van der Waals surface area (Å²) in [6, 6.07) is 7.72. The van der Waals surface area contributed by atoms with E-state index in [-0.39, 0.29) is 19.1 Å². The van der Waals surface area contributed by atoms with E-state index in [9.17, 15) is 4.79 Å². The molecule has 20 heavy (non-hydrogen) atoms. The largest absolute Gasteiger partial charge is 0.483 e.